The summed E-state index contributed by atoms with van der Waals surface area (Å²) in [6, 6.07) is 0. The van der Waals surface area contributed by atoms with Crippen LogP contribution in [0.2, 0.25) is 0 Å². The van der Waals surface area contributed by atoms with Crippen molar-refractivity contribution in [3.8, 4) is 0 Å². The van der Waals surface area contributed by atoms with Gasteiger partial charge in [0.1, 0.15) is 6.54 Å². The van der Waals surface area contributed by atoms with E-state index in [0.717, 1.165) is 10.5 Å². The van der Waals surface area contributed by atoms with Crippen LogP contribution < -0.4 is 0 Å². The average Bonchev–Trinajstić information content (AvgIpc) is 2.95. The first kappa shape index (κ1) is 18.1. The molecule has 1 aliphatic rings. The maximum absolute atomic E-state index is 12.1. The van der Waals surface area contributed by atoms with Crippen LogP contribution in [0.25, 0.3) is 0 Å². The molecule has 0 radical (unpaired) electrons. The second-order valence-electron chi connectivity index (χ2n) is 4.81. The van der Waals surface area contributed by atoms with Gasteiger partial charge in [0.2, 0.25) is 5.89 Å². The van der Waals surface area contributed by atoms with Crippen LogP contribution in [0.1, 0.15) is 25.6 Å². The Morgan fingerprint density at radius 1 is 1.42 bits per heavy atom. The second-order valence-corrected chi connectivity index (χ2v) is 6.36. The van der Waals surface area contributed by atoms with Crippen molar-refractivity contribution in [3.05, 3.63) is 23.5 Å². The van der Waals surface area contributed by atoms with Crippen LogP contribution in [0.15, 0.2) is 20.7 Å². The Balaban J connectivity index is 2.20. The molecule has 2 heterocycles. The van der Waals surface area contributed by atoms with Gasteiger partial charge in [-0.25, -0.2) is 9.10 Å². The molecule has 0 saturated carbocycles. The van der Waals surface area contributed by atoms with Crippen molar-refractivity contribution in [1.82, 2.24) is 14.4 Å². The van der Waals surface area contributed by atoms with Crippen molar-refractivity contribution in [1.29, 1.82) is 0 Å². The average molecular weight is 358 g/mol. The second kappa shape index (κ2) is 7.53. The summed E-state index contributed by atoms with van der Waals surface area (Å²) in [5.41, 5.74) is 0.127. The Hall–Kier alpha value is -2.27. The van der Waals surface area contributed by atoms with E-state index in [1.165, 1.54) is 6.92 Å². The van der Waals surface area contributed by atoms with Gasteiger partial charge in [-0.05, 0) is 13.8 Å². The lowest BCUT2D eigenvalue weighted by molar-refractivity contribution is -0.137. The largest absolute Gasteiger partial charge is 0.462 e. The van der Waals surface area contributed by atoms with Gasteiger partial charge in [0.15, 0.2) is 5.82 Å². The van der Waals surface area contributed by atoms with Gasteiger partial charge in [0, 0.05) is 19.7 Å². The molecule has 11 heteroatoms. The van der Waals surface area contributed by atoms with E-state index in [0.29, 0.717) is 18.9 Å². The summed E-state index contributed by atoms with van der Waals surface area (Å²) in [6.45, 7) is 3.43. The zero-order valence-corrected chi connectivity index (χ0v) is 14.4. The number of esters is 1. The van der Waals surface area contributed by atoms with E-state index in [4.69, 9.17) is 14.0 Å². The first-order valence-electron chi connectivity index (χ1n) is 7.15. The first-order chi connectivity index (χ1) is 11.4. The van der Waals surface area contributed by atoms with E-state index in [1.807, 2.05) is 0 Å². The predicted octanol–water partition coefficient (Wildman–Crippen LogP) is 0.227. The van der Waals surface area contributed by atoms with Gasteiger partial charge in [-0.2, -0.15) is 13.4 Å². The quantitative estimate of drug-likeness (QED) is 0.634. The van der Waals surface area contributed by atoms with E-state index in [-0.39, 0.29) is 30.3 Å². The van der Waals surface area contributed by atoms with Gasteiger partial charge in [0.05, 0.1) is 24.5 Å². The summed E-state index contributed by atoms with van der Waals surface area (Å²) in [7, 11) is -2.43. The molecule has 0 fully saturated rings. The van der Waals surface area contributed by atoms with Crippen LogP contribution in [0.4, 0.5) is 0 Å². The fourth-order valence-electron chi connectivity index (χ4n) is 1.90. The summed E-state index contributed by atoms with van der Waals surface area (Å²) in [5, 5.41) is 3.73. The molecule has 0 amide bonds. The summed E-state index contributed by atoms with van der Waals surface area (Å²) in [5.74, 6) is -0.167. The molecule has 1 aromatic heterocycles. The Labute approximate surface area is 139 Å². The van der Waals surface area contributed by atoms with Crippen molar-refractivity contribution in [2.24, 2.45) is 4.40 Å². The van der Waals surface area contributed by atoms with Crippen LogP contribution >= 0.6 is 0 Å². The van der Waals surface area contributed by atoms with Crippen molar-refractivity contribution < 1.29 is 27.2 Å². The number of rotatable bonds is 7. The van der Waals surface area contributed by atoms with Crippen molar-refractivity contribution in [3.63, 3.8) is 0 Å². The van der Waals surface area contributed by atoms with Gasteiger partial charge in [-0.3, -0.25) is 0 Å². The number of carbonyl (C=O) groups excluding carboxylic acids is 1. The molecule has 132 valence electrons. The summed E-state index contributed by atoms with van der Waals surface area (Å²) in [6.07, 6.45) is 1.60. The molecule has 0 atom stereocenters. The molecule has 1 aromatic rings. The number of methoxy groups -OCH3 is 1. The maximum Gasteiger partial charge on any atom is 0.344 e. The zero-order chi connectivity index (χ0) is 17.7. The Kier molecular flexibility index (Phi) is 5.67. The van der Waals surface area contributed by atoms with E-state index in [1.54, 1.807) is 14.0 Å². The minimum atomic E-state index is -3.98. The zero-order valence-electron chi connectivity index (χ0n) is 13.6. The maximum atomic E-state index is 12.1. The highest BCUT2D eigenvalue weighted by Crippen LogP contribution is 2.19. The lowest BCUT2D eigenvalue weighted by atomic mass is 10.2. The predicted molar refractivity (Wildman–Crippen MR) is 82.2 cm³/mol. The summed E-state index contributed by atoms with van der Waals surface area (Å²) < 4.78 is 43.5. The van der Waals surface area contributed by atoms with E-state index < -0.39 is 16.2 Å². The number of carbonyl (C=O) groups is 1. The normalized spacial score (nSPS) is 16.5. The fraction of sp³-hybridized carbons (Fsp3) is 0.538. The van der Waals surface area contributed by atoms with Crippen LogP contribution in [0.3, 0.4) is 0 Å². The third-order valence-electron chi connectivity index (χ3n) is 3.04. The molecule has 1 aliphatic heterocycles. The molecule has 0 aromatic carbocycles. The molecule has 2 rings (SSSR count). The summed E-state index contributed by atoms with van der Waals surface area (Å²) in [4.78, 5) is 16.0. The highest BCUT2D eigenvalue weighted by Gasteiger charge is 2.30. The third kappa shape index (κ3) is 4.17. The van der Waals surface area contributed by atoms with E-state index in [2.05, 4.69) is 14.5 Å². The Bertz CT molecular complexity index is 767. The number of hydrogen-bond donors (Lipinski definition) is 0. The van der Waals surface area contributed by atoms with Gasteiger partial charge >= 0.3 is 16.2 Å². The van der Waals surface area contributed by atoms with Crippen LogP contribution in [-0.2, 0) is 37.4 Å². The molecule has 0 aliphatic carbocycles. The molecule has 0 N–H and O–H groups in total. The third-order valence-corrected chi connectivity index (χ3v) is 4.37. The molecular formula is C13H18N4O6S. The molecule has 0 unspecified atom stereocenters. The lowest BCUT2D eigenvalue weighted by Gasteiger charge is -2.21. The van der Waals surface area contributed by atoms with Gasteiger partial charge in [-0.1, -0.05) is 5.16 Å². The first-order valence-corrected chi connectivity index (χ1v) is 8.55. The Morgan fingerprint density at radius 3 is 2.83 bits per heavy atom. The standard InChI is InChI=1S/C13H18N4O6S/c1-4-22-13(18)10-7-17(24(19,20)16-9(10)2)8-12-14-11(15-23-12)5-6-21-3/h7H,4-6,8H2,1-3H3. The topological polar surface area (TPSA) is 124 Å². The minimum absolute atomic E-state index is 0.0609. The molecule has 10 nitrogen and oxygen atoms in total. The van der Waals surface area contributed by atoms with Crippen molar-refractivity contribution in [2.45, 2.75) is 26.8 Å². The number of ether oxygens (including phenoxy) is 2. The molecule has 0 saturated heterocycles. The monoisotopic (exact) mass is 358 g/mol. The minimum Gasteiger partial charge on any atom is -0.462 e. The SMILES string of the molecule is CCOC(=O)C1=CN(Cc2nc(CCOC)no2)S(=O)(=O)N=C1C. The van der Waals surface area contributed by atoms with Gasteiger partial charge in [-0.15, -0.1) is 4.40 Å². The van der Waals surface area contributed by atoms with Crippen molar-refractivity contribution in [2.75, 3.05) is 20.3 Å². The fourth-order valence-corrected chi connectivity index (χ4v) is 2.96. The number of hydrogen-bond acceptors (Lipinski definition) is 8. The highest BCUT2D eigenvalue weighted by molar-refractivity contribution is 7.88. The Morgan fingerprint density at radius 2 is 2.17 bits per heavy atom. The lowest BCUT2D eigenvalue weighted by Crippen LogP contribution is -2.31. The van der Waals surface area contributed by atoms with Crippen LogP contribution in [0, 0.1) is 0 Å². The molecule has 24 heavy (non-hydrogen) atoms. The number of nitrogens with zero attached hydrogens (tertiary/aromatic N) is 4. The molecule has 0 bridgehead atoms. The van der Waals surface area contributed by atoms with Gasteiger partial charge in [0.25, 0.3) is 0 Å². The molecular weight excluding hydrogens is 340 g/mol. The van der Waals surface area contributed by atoms with Gasteiger partial charge < -0.3 is 14.0 Å². The van der Waals surface area contributed by atoms with Crippen molar-refractivity contribution >= 4 is 21.9 Å². The highest BCUT2D eigenvalue weighted by atomic mass is 32.2. The smallest absolute Gasteiger partial charge is 0.344 e. The molecule has 0 spiro atoms. The summed E-state index contributed by atoms with van der Waals surface area (Å²) >= 11 is 0. The number of aromatic nitrogens is 2. The van der Waals surface area contributed by atoms with Crippen LogP contribution in [-0.4, -0.2) is 54.9 Å². The van der Waals surface area contributed by atoms with Crippen LogP contribution in [0.5, 0.6) is 0 Å². The van der Waals surface area contributed by atoms with E-state index >= 15 is 0 Å². The van der Waals surface area contributed by atoms with E-state index in [9.17, 15) is 13.2 Å².